The summed E-state index contributed by atoms with van der Waals surface area (Å²) in [6.07, 6.45) is 0.242. The van der Waals surface area contributed by atoms with Crippen LogP contribution in [0.2, 0.25) is 5.28 Å². The van der Waals surface area contributed by atoms with Gasteiger partial charge in [-0.1, -0.05) is 91.0 Å². The van der Waals surface area contributed by atoms with Gasteiger partial charge >= 0.3 is 0 Å². The fourth-order valence-corrected chi connectivity index (χ4v) is 4.71. The number of hydrazine groups is 1. The lowest BCUT2D eigenvalue weighted by molar-refractivity contribution is -0.119. The maximum atomic E-state index is 12.3. The molecule has 0 unspecified atom stereocenters. The van der Waals surface area contributed by atoms with Crippen LogP contribution in [0.4, 0.5) is 11.9 Å². The summed E-state index contributed by atoms with van der Waals surface area (Å²) < 4.78 is 0. The molecule has 1 aliphatic rings. The molecule has 0 spiro atoms. The molecule has 4 aromatic rings. The minimum atomic E-state index is -0.203. The van der Waals surface area contributed by atoms with Gasteiger partial charge in [0.05, 0.1) is 12.5 Å². The molecule has 2 heterocycles. The number of amides is 1. The first-order valence-electron chi connectivity index (χ1n) is 12.2. The van der Waals surface area contributed by atoms with E-state index >= 15 is 0 Å². The predicted octanol–water partition coefficient (Wildman–Crippen LogP) is 4.12. The van der Waals surface area contributed by atoms with Crippen LogP contribution in [0.5, 0.6) is 0 Å². The van der Waals surface area contributed by atoms with Gasteiger partial charge in [-0.25, -0.2) is 0 Å². The number of aromatic nitrogens is 3. The molecule has 1 aliphatic heterocycles. The lowest BCUT2D eigenvalue weighted by atomic mass is 9.96. The molecule has 1 fully saturated rings. The van der Waals surface area contributed by atoms with Crippen LogP contribution in [-0.4, -0.2) is 51.9 Å². The molecule has 1 aromatic heterocycles. The summed E-state index contributed by atoms with van der Waals surface area (Å²) in [7, 11) is 0. The SMILES string of the molecule is O=C(Cc1ccccc1)NNc1nc(Cl)nc(N2CCN(C(c3ccccc3)c3ccccc3)CC2)n1. The van der Waals surface area contributed by atoms with Crippen molar-refractivity contribution in [1.29, 1.82) is 0 Å². The summed E-state index contributed by atoms with van der Waals surface area (Å²) in [5.41, 5.74) is 8.86. The molecule has 9 heteroatoms. The molecular formula is C28H28ClN7O. The van der Waals surface area contributed by atoms with E-state index in [0.717, 1.165) is 31.7 Å². The summed E-state index contributed by atoms with van der Waals surface area (Å²) in [6, 6.07) is 30.8. The first kappa shape index (κ1) is 24.7. The third-order valence-corrected chi connectivity index (χ3v) is 6.48. The van der Waals surface area contributed by atoms with Crippen LogP contribution in [-0.2, 0) is 11.2 Å². The van der Waals surface area contributed by atoms with Gasteiger partial charge in [0.25, 0.3) is 0 Å². The molecule has 2 N–H and O–H groups in total. The van der Waals surface area contributed by atoms with Crippen LogP contribution in [0, 0.1) is 0 Å². The summed E-state index contributed by atoms with van der Waals surface area (Å²) in [5, 5.41) is 0.0682. The highest BCUT2D eigenvalue weighted by Crippen LogP contribution is 2.30. The van der Waals surface area contributed by atoms with Crippen LogP contribution >= 0.6 is 11.6 Å². The van der Waals surface area contributed by atoms with Gasteiger partial charge in [0.15, 0.2) is 0 Å². The zero-order chi connectivity index (χ0) is 25.5. The van der Waals surface area contributed by atoms with E-state index in [1.165, 1.54) is 11.1 Å². The summed E-state index contributed by atoms with van der Waals surface area (Å²) in [4.78, 5) is 29.8. The minimum absolute atomic E-state index is 0.0682. The van der Waals surface area contributed by atoms with Crippen molar-refractivity contribution in [1.82, 2.24) is 25.3 Å². The molecule has 5 rings (SSSR count). The maximum Gasteiger partial charge on any atom is 0.247 e. The number of hydrogen-bond donors (Lipinski definition) is 2. The monoisotopic (exact) mass is 513 g/mol. The molecule has 0 radical (unpaired) electrons. The third kappa shape index (κ3) is 6.41. The van der Waals surface area contributed by atoms with E-state index in [1.54, 1.807) is 0 Å². The molecule has 0 aliphatic carbocycles. The molecule has 188 valence electrons. The van der Waals surface area contributed by atoms with Crippen molar-refractivity contribution in [2.75, 3.05) is 36.5 Å². The van der Waals surface area contributed by atoms with Crippen molar-refractivity contribution in [3.8, 4) is 0 Å². The molecule has 3 aromatic carbocycles. The lowest BCUT2D eigenvalue weighted by Gasteiger charge is -2.39. The Morgan fingerprint density at radius 2 is 1.35 bits per heavy atom. The molecular weight excluding hydrogens is 486 g/mol. The number of nitrogens with zero attached hydrogens (tertiary/aromatic N) is 5. The summed E-state index contributed by atoms with van der Waals surface area (Å²) >= 11 is 6.20. The number of anilines is 2. The van der Waals surface area contributed by atoms with Gasteiger partial charge in [-0.15, -0.1) is 0 Å². The van der Waals surface area contributed by atoms with Crippen LogP contribution < -0.4 is 15.8 Å². The zero-order valence-electron chi connectivity index (χ0n) is 20.3. The van der Waals surface area contributed by atoms with Gasteiger partial charge < -0.3 is 4.90 Å². The van der Waals surface area contributed by atoms with E-state index in [2.05, 4.69) is 84.1 Å². The lowest BCUT2D eigenvalue weighted by Crippen LogP contribution is -2.48. The Hall–Kier alpha value is -4.01. The Labute approximate surface area is 221 Å². The van der Waals surface area contributed by atoms with Crippen molar-refractivity contribution in [2.24, 2.45) is 0 Å². The normalized spacial score (nSPS) is 13.9. The van der Waals surface area contributed by atoms with E-state index in [0.29, 0.717) is 5.95 Å². The average Bonchev–Trinajstić information content (AvgIpc) is 2.94. The molecule has 0 atom stereocenters. The highest BCUT2D eigenvalue weighted by molar-refractivity contribution is 6.28. The van der Waals surface area contributed by atoms with Crippen molar-refractivity contribution in [3.05, 3.63) is 113 Å². The summed E-state index contributed by atoms with van der Waals surface area (Å²) in [5.74, 6) is 0.478. The second-order valence-electron chi connectivity index (χ2n) is 8.81. The second kappa shape index (κ2) is 11.8. The van der Waals surface area contributed by atoms with E-state index in [4.69, 9.17) is 11.6 Å². The Kier molecular flexibility index (Phi) is 7.88. The Morgan fingerprint density at radius 3 is 1.95 bits per heavy atom. The van der Waals surface area contributed by atoms with Gasteiger partial charge in [0.1, 0.15) is 0 Å². The van der Waals surface area contributed by atoms with Crippen molar-refractivity contribution < 1.29 is 4.79 Å². The number of benzene rings is 3. The van der Waals surface area contributed by atoms with Gasteiger partial charge in [0.2, 0.25) is 23.1 Å². The Bertz CT molecular complexity index is 1260. The number of nitrogens with one attached hydrogen (secondary N) is 2. The van der Waals surface area contributed by atoms with Gasteiger partial charge in [-0.2, -0.15) is 15.0 Å². The van der Waals surface area contributed by atoms with E-state index in [-0.39, 0.29) is 29.6 Å². The first-order valence-corrected chi connectivity index (χ1v) is 12.6. The van der Waals surface area contributed by atoms with E-state index < -0.39 is 0 Å². The number of piperazine rings is 1. The number of hydrogen-bond acceptors (Lipinski definition) is 7. The van der Waals surface area contributed by atoms with Crippen LogP contribution in [0.15, 0.2) is 91.0 Å². The molecule has 8 nitrogen and oxygen atoms in total. The average molecular weight is 514 g/mol. The predicted molar refractivity (Wildman–Crippen MR) is 145 cm³/mol. The number of carbonyl (C=O) groups is 1. The smallest absolute Gasteiger partial charge is 0.247 e. The Morgan fingerprint density at radius 1 is 0.784 bits per heavy atom. The number of carbonyl (C=O) groups excluding carboxylic acids is 1. The van der Waals surface area contributed by atoms with Crippen molar-refractivity contribution in [3.63, 3.8) is 0 Å². The largest absolute Gasteiger partial charge is 0.338 e. The Balaban J connectivity index is 1.24. The van der Waals surface area contributed by atoms with Crippen LogP contribution in [0.1, 0.15) is 22.7 Å². The molecule has 37 heavy (non-hydrogen) atoms. The minimum Gasteiger partial charge on any atom is -0.338 e. The zero-order valence-corrected chi connectivity index (χ0v) is 21.1. The van der Waals surface area contributed by atoms with Crippen LogP contribution in [0.3, 0.4) is 0 Å². The first-order chi connectivity index (χ1) is 18.2. The van der Waals surface area contributed by atoms with Crippen LogP contribution in [0.25, 0.3) is 0 Å². The number of rotatable bonds is 8. The molecule has 0 saturated carbocycles. The fraction of sp³-hybridized carbons (Fsp3) is 0.214. The van der Waals surface area contributed by atoms with E-state index in [9.17, 15) is 4.79 Å². The standard InChI is InChI=1S/C28H28ClN7O/c29-26-30-27(34-33-24(37)20-21-10-4-1-5-11-21)32-28(31-26)36-18-16-35(17-19-36)25(22-12-6-2-7-13-22)23-14-8-3-9-15-23/h1-15,25H,16-20H2,(H,33,37)(H,30,31,32,34). The highest BCUT2D eigenvalue weighted by Gasteiger charge is 2.27. The van der Waals surface area contributed by atoms with E-state index in [1.807, 2.05) is 42.5 Å². The molecule has 0 bridgehead atoms. The maximum absolute atomic E-state index is 12.3. The van der Waals surface area contributed by atoms with Gasteiger partial charge in [-0.05, 0) is 28.3 Å². The number of halogens is 1. The van der Waals surface area contributed by atoms with Gasteiger partial charge in [-0.3, -0.25) is 20.5 Å². The highest BCUT2D eigenvalue weighted by atomic mass is 35.5. The second-order valence-corrected chi connectivity index (χ2v) is 9.15. The van der Waals surface area contributed by atoms with Gasteiger partial charge in [0, 0.05) is 26.2 Å². The van der Waals surface area contributed by atoms with Crippen molar-refractivity contribution >= 4 is 29.4 Å². The third-order valence-electron chi connectivity index (χ3n) is 6.31. The molecule has 1 amide bonds. The quantitative estimate of drug-likeness (QED) is 0.343. The molecule has 1 saturated heterocycles. The topological polar surface area (TPSA) is 86.3 Å². The van der Waals surface area contributed by atoms with Crippen molar-refractivity contribution in [2.45, 2.75) is 12.5 Å². The fourth-order valence-electron chi connectivity index (χ4n) is 4.55. The summed E-state index contributed by atoms with van der Waals surface area (Å²) in [6.45, 7) is 3.12.